The van der Waals surface area contributed by atoms with Gasteiger partial charge in [-0.15, -0.1) is 0 Å². The maximum atomic E-state index is 5.35. The van der Waals surface area contributed by atoms with Crippen molar-refractivity contribution in [3.05, 3.63) is 35.5 Å². The molecule has 1 aromatic carbocycles. The number of hydrogen-bond acceptors (Lipinski definition) is 5. The Morgan fingerprint density at radius 2 is 1.73 bits per heavy atom. The summed E-state index contributed by atoms with van der Waals surface area (Å²) in [6.45, 7) is 2.24. The van der Waals surface area contributed by atoms with Crippen molar-refractivity contribution in [3.63, 3.8) is 0 Å². The van der Waals surface area contributed by atoms with Crippen LogP contribution in [0.25, 0.3) is 21.5 Å². The van der Waals surface area contributed by atoms with Crippen LogP contribution in [0.2, 0.25) is 0 Å². The molecule has 1 aliphatic heterocycles. The molecule has 0 saturated carbocycles. The van der Waals surface area contributed by atoms with Gasteiger partial charge in [0.2, 0.25) is 0 Å². The van der Waals surface area contributed by atoms with Crippen LogP contribution >= 0.6 is 11.3 Å². The van der Waals surface area contributed by atoms with Gasteiger partial charge in [-0.25, -0.2) is 4.98 Å². The molecule has 0 radical (unpaired) electrons. The number of pyridine rings is 1. The predicted molar refractivity (Wildman–Crippen MR) is 107 cm³/mol. The molecule has 3 heterocycles. The molecule has 1 aliphatic carbocycles. The van der Waals surface area contributed by atoms with Gasteiger partial charge < -0.3 is 9.64 Å². The highest BCUT2D eigenvalue weighted by Crippen LogP contribution is 2.41. The predicted octanol–water partition coefficient (Wildman–Crippen LogP) is 4.85. The fourth-order valence-corrected chi connectivity index (χ4v) is 5.35. The molecule has 1 fully saturated rings. The van der Waals surface area contributed by atoms with Crippen LogP contribution in [0.5, 0.6) is 5.75 Å². The van der Waals surface area contributed by atoms with Crippen molar-refractivity contribution >= 4 is 26.8 Å². The van der Waals surface area contributed by atoms with Gasteiger partial charge in [0.1, 0.15) is 5.75 Å². The van der Waals surface area contributed by atoms with Crippen molar-refractivity contribution in [1.82, 2.24) is 9.97 Å². The Hall–Kier alpha value is -2.14. The number of benzene rings is 1. The summed E-state index contributed by atoms with van der Waals surface area (Å²) in [6, 6.07) is 8.47. The summed E-state index contributed by atoms with van der Waals surface area (Å²) in [5.41, 5.74) is 6.24. The SMILES string of the molecule is COc1ccc(-c2c3c(nc4nc(N5CCCC5)sc24)CCCC3)cc1. The van der Waals surface area contributed by atoms with Gasteiger partial charge in [-0.2, -0.15) is 4.98 Å². The van der Waals surface area contributed by atoms with E-state index in [0.29, 0.717) is 0 Å². The molecule has 0 unspecified atom stereocenters. The van der Waals surface area contributed by atoms with Crippen LogP contribution in [0.3, 0.4) is 0 Å². The Morgan fingerprint density at radius 1 is 0.962 bits per heavy atom. The number of anilines is 1. The number of rotatable bonds is 3. The number of hydrogen-bond donors (Lipinski definition) is 0. The van der Waals surface area contributed by atoms with E-state index in [4.69, 9.17) is 14.7 Å². The Kier molecular flexibility index (Phi) is 4.04. The second-order valence-electron chi connectivity index (χ2n) is 7.19. The summed E-state index contributed by atoms with van der Waals surface area (Å²) in [5.74, 6) is 0.898. The van der Waals surface area contributed by atoms with Crippen molar-refractivity contribution in [1.29, 1.82) is 0 Å². The lowest BCUT2D eigenvalue weighted by molar-refractivity contribution is 0.415. The average molecular weight is 366 g/mol. The highest BCUT2D eigenvalue weighted by atomic mass is 32.1. The van der Waals surface area contributed by atoms with Gasteiger partial charge in [-0.1, -0.05) is 23.5 Å². The third-order valence-electron chi connectivity index (χ3n) is 5.56. The number of aromatic nitrogens is 2. The second-order valence-corrected chi connectivity index (χ2v) is 8.17. The van der Waals surface area contributed by atoms with E-state index in [2.05, 4.69) is 29.2 Å². The number of aryl methyl sites for hydroxylation is 1. The first kappa shape index (κ1) is 16.1. The first-order valence-corrected chi connectivity index (χ1v) is 10.4. The van der Waals surface area contributed by atoms with Gasteiger partial charge in [0.15, 0.2) is 10.8 Å². The zero-order chi connectivity index (χ0) is 17.5. The fourth-order valence-electron chi connectivity index (χ4n) is 4.19. The van der Waals surface area contributed by atoms with Crippen LogP contribution < -0.4 is 9.64 Å². The molecular weight excluding hydrogens is 342 g/mol. The standard InChI is InChI=1S/C21H23N3OS/c1-25-15-10-8-14(9-11-15)18-16-6-2-3-7-17(16)22-20-19(18)26-21(23-20)24-12-4-5-13-24/h8-11H,2-7,12-13H2,1H3. The first-order valence-electron chi connectivity index (χ1n) is 9.55. The number of thiazole rings is 1. The number of nitrogens with zero attached hydrogens (tertiary/aromatic N) is 3. The summed E-state index contributed by atoms with van der Waals surface area (Å²) < 4.78 is 6.60. The minimum atomic E-state index is 0.898. The van der Waals surface area contributed by atoms with Crippen molar-refractivity contribution in [2.24, 2.45) is 0 Å². The highest BCUT2D eigenvalue weighted by Gasteiger charge is 2.24. The molecule has 0 atom stereocenters. The van der Waals surface area contributed by atoms with E-state index in [1.54, 1.807) is 7.11 Å². The molecule has 1 saturated heterocycles. The maximum absolute atomic E-state index is 5.35. The largest absolute Gasteiger partial charge is 0.497 e. The van der Waals surface area contributed by atoms with E-state index < -0.39 is 0 Å². The normalized spacial score (nSPS) is 16.9. The Morgan fingerprint density at radius 3 is 2.50 bits per heavy atom. The van der Waals surface area contributed by atoms with Crippen LogP contribution in [-0.2, 0) is 12.8 Å². The molecule has 0 amide bonds. The monoisotopic (exact) mass is 365 g/mol. The summed E-state index contributed by atoms with van der Waals surface area (Å²) in [4.78, 5) is 12.3. The Labute approximate surface area is 157 Å². The van der Waals surface area contributed by atoms with E-state index in [-0.39, 0.29) is 0 Å². The van der Waals surface area contributed by atoms with Gasteiger partial charge in [0.25, 0.3) is 0 Å². The minimum absolute atomic E-state index is 0.898. The zero-order valence-corrected chi connectivity index (χ0v) is 15.9. The second kappa shape index (κ2) is 6.54. The van der Waals surface area contributed by atoms with Crippen LogP contribution in [-0.4, -0.2) is 30.2 Å². The molecular formula is C21H23N3OS. The maximum Gasteiger partial charge on any atom is 0.188 e. The van der Waals surface area contributed by atoms with E-state index in [0.717, 1.165) is 42.5 Å². The molecule has 3 aromatic rings. The molecule has 5 heteroatoms. The van der Waals surface area contributed by atoms with Crippen LogP contribution in [0.4, 0.5) is 5.13 Å². The molecule has 2 aromatic heterocycles. The van der Waals surface area contributed by atoms with Crippen LogP contribution in [0.15, 0.2) is 24.3 Å². The molecule has 0 spiro atoms. The molecule has 26 heavy (non-hydrogen) atoms. The molecule has 4 nitrogen and oxygen atoms in total. The zero-order valence-electron chi connectivity index (χ0n) is 15.1. The lowest BCUT2D eigenvalue weighted by atomic mass is 9.89. The van der Waals surface area contributed by atoms with Crippen LogP contribution in [0, 0.1) is 0 Å². The molecule has 5 rings (SSSR count). The summed E-state index contributed by atoms with van der Waals surface area (Å²) in [7, 11) is 1.72. The van der Waals surface area contributed by atoms with E-state index in [9.17, 15) is 0 Å². The van der Waals surface area contributed by atoms with Gasteiger partial charge in [0, 0.05) is 24.3 Å². The molecule has 134 valence electrons. The Balaban J connectivity index is 1.71. The summed E-state index contributed by atoms with van der Waals surface area (Å²) >= 11 is 1.82. The fraction of sp³-hybridized carbons (Fsp3) is 0.429. The smallest absolute Gasteiger partial charge is 0.188 e. The quantitative estimate of drug-likeness (QED) is 0.665. The molecule has 0 N–H and O–H groups in total. The lowest BCUT2D eigenvalue weighted by Crippen LogP contribution is -2.16. The van der Waals surface area contributed by atoms with Crippen molar-refractivity contribution in [2.45, 2.75) is 38.5 Å². The highest BCUT2D eigenvalue weighted by molar-refractivity contribution is 7.22. The summed E-state index contributed by atoms with van der Waals surface area (Å²) in [6.07, 6.45) is 7.22. The number of methoxy groups -OCH3 is 1. The van der Waals surface area contributed by atoms with Crippen molar-refractivity contribution in [3.8, 4) is 16.9 Å². The summed E-state index contributed by atoms with van der Waals surface area (Å²) in [5, 5.41) is 1.14. The first-order chi connectivity index (χ1) is 12.8. The molecule has 2 aliphatic rings. The van der Waals surface area contributed by atoms with Gasteiger partial charge in [-0.3, -0.25) is 0 Å². The van der Waals surface area contributed by atoms with Gasteiger partial charge >= 0.3 is 0 Å². The van der Waals surface area contributed by atoms with E-state index >= 15 is 0 Å². The van der Waals surface area contributed by atoms with Gasteiger partial charge in [-0.05, 0) is 61.8 Å². The topological polar surface area (TPSA) is 38.3 Å². The van der Waals surface area contributed by atoms with Crippen LogP contribution in [0.1, 0.15) is 36.9 Å². The third kappa shape index (κ3) is 2.65. The molecule has 0 bridgehead atoms. The van der Waals surface area contributed by atoms with Crippen molar-refractivity contribution < 1.29 is 4.74 Å². The van der Waals surface area contributed by atoms with Crippen molar-refractivity contribution in [2.75, 3.05) is 25.1 Å². The average Bonchev–Trinajstić information content (AvgIpc) is 3.35. The van der Waals surface area contributed by atoms with E-state index in [1.807, 2.05) is 11.3 Å². The number of ether oxygens (including phenoxy) is 1. The van der Waals surface area contributed by atoms with E-state index in [1.165, 1.54) is 52.8 Å². The van der Waals surface area contributed by atoms with Gasteiger partial charge in [0.05, 0.1) is 11.8 Å². The lowest BCUT2D eigenvalue weighted by Gasteiger charge is -2.19. The Bertz CT molecular complexity index is 942. The third-order valence-corrected chi connectivity index (χ3v) is 6.68. The number of fused-ring (bicyclic) bond motifs is 2. The minimum Gasteiger partial charge on any atom is -0.497 e.